The maximum absolute atomic E-state index is 8.61. The van der Waals surface area contributed by atoms with Gasteiger partial charge >= 0.3 is 0 Å². The van der Waals surface area contributed by atoms with Gasteiger partial charge < -0.3 is 4.90 Å². The first-order valence-electron chi connectivity index (χ1n) is 4.65. The van der Waals surface area contributed by atoms with Crippen molar-refractivity contribution in [2.75, 3.05) is 11.9 Å². The zero-order valence-electron chi connectivity index (χ0n) is 9.03. The van der Waals surface area contributed by atoms with E-state index in [-0.39, 0.29) is 6.04 Å². The zero-order chi connectivity index (χ0) is 11.4. The van der Waals surface area contributed by atoms with Crippen molar-refractivity contribution in [3.05, 3.63) is 16.4 Å². The number of nitriles is 1. The van der Waals surface area contributed by atoms with E-state index in [2.05, 4.69) is 32.0 Å². The number of rotatable bonds is 3. The van der Waals surface area contributed by atoms with Gasteiger partial charge in [0.25, 0.3) is 0 Å². The average molecular weight is 269 g/mol. The Kier molecular flexibility index (Phi) is 4.04. The Labute approximate surface area is 98.1 Å². The quantitative estimate of drug-likeness (QED) is 0.844. The number of hydrogen-bond donors (Lipinski definition) is 0. The van der Waals surface area contributed by atoms with Crippen molar-refractivity contribution in [2.24, 2.45) is 0 Å². The average Bonchev–Trinajstić information content (AvgIpc) is 2.21. The minimum atomic E-state index is 0.121. The fraction of sp³-hybridized carbons (Fsp3) is 0.500. The van der Waals surface area contributed by atoms with E-state index in [9.17, 15) is 0 Å². The number of hydrogen-bond acceptors (Lipinski definition) is 4. The van der Waals surface area contributed by atoms with E-state index in [1.54, 1.807) is 6.20 Å². The second-order valence-corrected chi connectivity index (χ2v) is 4.28. The van der Waals surface area contributed by atoms with Crippen molar-refractivity contribution in [2.45, 2.75) is 26.3 Å². The Bertz CT molecular complexity index is 385. The molecule has 15 heavy (non-hydrogen) atoms. The van der Waals surface area contributed by atoms with E-state index in [1.165, 1.54) is 0 Å². The molecule has 1 atom stereocenters. The van der Waals surface area contributed by atoms with Crippen LogP contribution in [0, 0.1) is 18.3 Å². The standard InChI is InChI=1S/C10H13BrN4/c1-7(4-5-12)15(3)10-13-6-9(11)8(2)14-10/h6-7H,4H2,1-3H3. The lowest BCUT2D eigenvalue weighted by molar-refractivity contribution is 0.681. The number of aromatic nitrogens is 2. The van der Waals surface area contributed by atoms with E-state index in [4.69, 9.17) is 5.26 Å². The molecule has 0 amide bonds. The Morgan fingerprint density at radius 1 is 1.67 bits per heavy atom. The van der Waals surface area contributed by atoms with Crippen LogP contribution in [0.4, 0.5) is 5.95 Å². The molecule has 1 unspecified atom stereocenters. The van der Waals surface area contributed by atoms with Crippen molar-refractivity contribution in [3.8, 4) is 6.07 Å². The van der Waals surface area contributed by atoms with Gasteiger partial charge in [-0.2, -0.15) is 5.26 Å². The van der Waals surface area contributed by atoms with E-state index in [1.807, 2.05) is 25.8 Å². The van der Waals surface area contributed by atoms with Gasteiger partial charge in [0, 0.05) is 19.3 Å². The number of nitrogens with zero attached hydrogens (tertiary/aromatic N) is 4. The van der Waals surface area contributed by atoms with E-state index in [0.717, 1.165) is 10.2 Å². The summed E-state index contributed by atoms with van der Waals surface area (Å²) in [6.45, 7) is 3.89. The van der Waals surface area contributed by atoms with Crippen molar-refractivity contribution in [3.63, 3.8) is 0 Å². The molecule has 0 radical (unpaired) electrons. The zero-order valence-corrected chi connectivity index (χ0v) is 10.6. The topological polar surface area (TPSA) is 52.8 Å². The summed E-state index contributed by atoms with van der Waals surface area (Å²) in [7, 11) is 1.89. The van der Waals surface area contributed by atoms with Gasteiger partial charge in [-0.25, -0.2) is 9.97 Å². The van der Waals surface area contributed by atoms with Crippen LogP contribution in [0.3, 0.4) is 0 Å². The maximum atomic E-state index is 8.61. The van der Waals surface area contributed by atoms with Crippen molar-refractivity contribution in [1.82, 2.24) is 9.97 Å². The second-order valence-electron chi connectivity index (χ2n) is 3.43. The third-order valence-electron chi connectivity index (χ3n) is 2.27. The normalized spacial score (nSPS) is 11.9. The third kappa shape index (κ3) is 2.90. The van der Waals surface area contributed by atoms with Crippen LogP contribution in [-0.2, 0) is 0 Å². The third-order valence-corrected chi connectivity index (χ3v) is 3.05. The van der Waals surface area contributed by atoms with Gasteiger partial charge in [-0.1, -0.05) is 0 Å². The van der Waals surface area contributed by atoms with Crippen LogP contribution in [0.2, 0.25) is 0 Å². The molecule has 0 fully saturated rings. The molecule has 0 bridgehead atoms. The van der Waals surface area contributed by atoms with Gasteiger partial charge in [-0.3, -0.25) is 0 Å². The number of anilines is 1. The molecular formula is C10H13BrN4. The summed E-state index contributed by atoms with van der Waals surface area (Å²) in [5.74, 6) is 0.651. The summed E-state index contributed by atoms with van der Waals surface area (Å²) >= 11 is 3.35. The SMILES string of the molecule is Cc1nc(N(C)C(C)CC#N)ncc1Br. The van der Waals surface area contributed by atoms with Gasteiger partial charge in [0.1, 0.15) is 0 Å². The van der Waals surface area contributed by atoms with Crippen LogP contribution in [-0.4, -0.2) is 23.1 Å². The van der Waals surface area contributed by atoms with Gasteiger partial charge in [0.15, 0.2) is 0 Å². The van der Waals surface area contributed by atoms with Gasteiger partial charge in [0.2, 0.25) is 5.95 Å². The summed E-state index contributed by atoms with van der Waals surface area (Å²) in [5, 5.41) is 8.61. The number of aryl methyl sites for hydroxylation is 1. The van der Waals surface area contributed by atoms with Crippen LogP contribution in [0.5, 0.6) is 0 Å². The van der Waals surface area contributed by atoms with Gasteiger partial charge in [-0.15, -0.1) is 0 Å². The molecule has 0 aromatic carbocycles. The summed E-state index contributed by atoms with van der Waals surface area (Å²) in [5.41, 5.74) is 0.899. The molecule has 0 saturated carbocycles. The number of halogens is 1. The summed E-state index contributed by atoms with van der Waals surface area (Å²) < 4.78 is 0.896. The first kappa shape index (κ1) is 11.9. The molecule has 4 nitrogen and oxygen atoms in total. The lowest BCUT2D eigenvalue weighted by Crippen LogP contribution is -2.30. The fourth-order valence-electron chi connectivity index (χ4n) is 1.08. The lowest BCUT2D eigenvalue weighted by Gasteiger charge is -2.22. The Hall–Kier alpha value is -1.15. The maximum Gasteiger partial charge on any atom is 0.225 e. The first-order valence-corrected chi connectivity index (χ1v) is 5.44. The van der Waals surface area contributed by atoms with Gasteiger partial charge in [0.05, 0.1) is 22.7 Å². The summed E-state index contributed by atoms with van der Waals surface area (Å²) in [6.07, 6.45) is 2.20. The van der Waals surface area contributed by atoms with Crippen LogP contribution in [0.25, 0.3) is 0 Å². The predicted octanol–water partition coefficient (Wildman–Crippen LogP) is 2.29. The van der Waals surface area contributed by atoms with Crippen molar-refractivity contribution < 1.29 is 0 Å². The molecule has 0 aliphatic rings. The Morgan fingerprint density at radius 2 is 2.33 bits per heavy atom. The first-order chi connectivity index (χ1) is 7.06. The fourth-order valence-corrected chi connectivity index (χ4v) is 1.27. The molecule has 0 N–H and O–H groups in total. The second kappa shape index (κ2) is 5.08. The highest BCUT2D eigenvalue weighted by atomic mass is 79.9. The molecule has 0 saturated heterocycles. The van der Waals surface area contributed by atoms with E-state index in [0.29, 0.717) is 12.4 Å². The van der Waals surface area contributed by atoms with E-state index >= 15 is 0 Å². The summed E-state index contributed by atoms with van der Waals surface area (Å²) in [6, 6.07) is 2.26. The monoisotopic (exact) mass is 268 g/mol. The van der Waals surface area contributed by atoms with Crippen LogP contribution in [0.1, 0.15) is 19.0 Å². The van der Waals surface area contributed by atoms with Crippen molar-refractivity contribution >= 4 is 21.9 Å². The molecule has 0 aliphatic heterocycles. The molecular weight excluding hydrogens is 256 g/mol. The summed E-state index contributed by atoms with van der Waals surface area (Å²) in [4.78, 5) is 10.4. The molecule has 1 aromatic heterocycles. The van der Waals surface area contributed by atoms with Crippen LogP contribution < -0.4 is 4.90 Å². The minimum absolute atomic E-state index is 0.121. The predicted molar refractivity (Wildman–Crippen MR) is 62.6 cm³/mol. The highest BCUT2D eigenvalue weighted by Gasteiger charge is 2.12. The molecule has 1 aromatic rings. The largest absolute Gasteiger partial charge is 0.340 e. The molecule has 5 heteroatoms. The molecule has 1 rings (SSSR count). The highest BCUT2D eigenvalue weighted by molar-refractivity contribution is 9.10. The lowest BCUT2D eigenvalue weighted by atomic mass is 10.2. The molecule has 0 spiro atoms. The highest BCUT2D eigenvalue weighted by Crippen LogP contribution is 2.17. The smallest absolute Gasteiger partial charge is 0.225 e. The van der Waals surface area contributed by atoms with Crippen LogP contribution >= 0.6 is 15.9 Å². The minimum Gasteiger partial charge on any atom is -0.340 e. The van der Waals surface area contributed by atoms with Gasteiger partial charge in [-0.05, 0) is 29.8 Å². The molecule has 80 valence electrons. The van der Waals surface area contributed by atoms with Crippen LogP contribution in [0.15, 0.2) is 10.7 Å². The molecule has 1 heterocycles. The Morgan fingerprint density at radius 3 is 2.87 bits per heavy atom. The van der Waals surface area contributed by atoms with E-state index < -0.39 is 0 Å². The Balaban J connectivity index is 2.87. The van der Waals surface area contributed by atoms with Crippen molar-refractivity contribution in [1.29, 1.82) is 5.26 Å². The molecule has 0 aliphatic carbocycles.